The van der Waals surface area contributed by atoms with Crippen LogP contribution in [-0.2, 0) is 9.47 Å². The number of nitrogens with one attached hydrogen (secondary N) is 2. The Morgan fingerprint density at radius 2 is 2.12 bits per heavy atom. The van der Waals surface area contributed by atoms with Gasteiger partial charge in [0.2, 0.25) is 0 Å². The van der Waals surface area contributed by atoms with E-state index >= 15 is 0 Å². The first-order chi connectivity index (χ1) is 11.5. The van der Waals surface area contributed by atoms with E-state index in [1.807, 2.05) is 38.1 Å². The van der Waals surface area contributed by atoms with Crippen molar-refractivity contribution < 1.29 is 14.3 Å². The number of aryl methyl sites for hydroxylation is 1. The Morgan fingerprint density at radius 1 is 1.38 bits per heavy atom. The molecule has 7 heteroatoms. The summed E-state index contributed by atoms with van der Waals surface area (Å²) in [5.74, 6) is 0.345. The molecule has 2 fully saturated rings. The molecule has 24 heavy (non-hydrogen) atoms. The first-order valence-electron chi connectivity index (χ1n) is 8.49. The van der Waals surface area contributed by atoms with Gasteiger partial charge in [-0.05, 0) is 31.9 Å². The Morgan fingerprint density at radius 3 is 2.83 bits per heavy atom. The summed E-state index contributed by atoms with van der Waals surface area (Å²) in [6, 6.07) is 3.47. The van der Waals surface area contributed by atoms with E-state index < -0.39 is 0 Å². The number of ether oxygens (including phenoxy) is 2. The Labute approximate surface area is 142 Å². The second kappa shape index (κ2) is 6.94. The summed E-state index contributed by atoms with van der Waals surface area (Å²) in [5, 5.41) is 5.71. The summed E-state index contributed by atoms with van der Waals surface area (Å²) in [6.45, 7) is 2.90. The Balaban J connectivity index is 1.51. The van der Waals surface area contributed by atoms with Gasteiger partial charge in [0.15, 0.2) is 11.6 Å². The fourth-order valence-electron chi connectivity index (χ4n) is 3.25. The van der Waals surface area contributed by atoms with Crippen LogP contribution in [0.15, 0.2) is 12.1 Å². The summed E-state index contributed by atoms with van der Waals surface area (Å²) >= 11 is 0. The highest BCUT2D eigenvalue weighted by atomic mass is 16.7. The zero-order chi connectivity index (χ0) is 17.2. The molecule has 2 aliphatic rings. The minimum atomic E-state index is -0.387. The van der Waals surface area contributed by atoms with Crippen molar-refractivity contribution in [3.8, 4) is 0 Å². The fourth-order valence-corrected chi connectivity index (χ4v) is 3.25. The summed E-state index contributed by atoms with van der Waals surface area (Å²) < 4.78 is 11.8. The molecule has 1 aromatic heterocycles. The number of aromatic nitrogens is 1. The van der Waals surface area contributed by atoms with Crippen LogP contribution in [0.1, 0.15) is 31.4 Å². The van der Waals surface area contributed by atoms with E-state index in [0.717, 1.165) is 37.2 Å². The molecule has 3 rings (SSSR count). The Hall–Kier alpha value is -1.86. The Kier molecular flexibility index (Phi) is 4.91. The maximum Gasteiger partial charge on any atom is 0.319 e. The maximum atomic E-state index is 12.2. The van der Waals surface area contributed by atoms with Crippen molar-refractivity contribution in [3.05, 3.63) is 17.8 Å². The number of carbonyl (C=O) groups is 1. The number of nitrogens with zero attached hydrogens (tertiary/aromatic N) is 2. The van der Waals surface area contributed by atoms with Crippen molar-refractivity contribution in [2.75, 3.05) is 37.5 Å². The number of pyridine rings is 1. The van der Waals surface area contributed by atoms with Gasteiger partial charge in [0.25, 0.3) is 0 Å². The Bertz CT molecular complexity index is 599. The molecular weight excluding hydrogens is 308 g/mol. The lowest BCUT2D eigenvalue weighted by atomic mass is 10.2. The number of amides is 2. The number of hydrogen-bond acceptors (Lipinski definition) is 5. The molecule has 1 saturated heterocycles. The second-order valence-electron chi connectivity index (χ2n) is 6.72. The van der Waals surface area contributed by atoms with Gasteiger partial charge in [0, 0.05) is 39.2 Å². The average Bonchev–Trinajstić information content (AvgIpc) is 3.17. The lowest BCUT2D eigenvalue weighted by Gasteiger charge is -2.22. The highest BCUT2D eigenvalue weighted by Gasteiger charge is 2.43. The zero-order valence-electron chi connectivity index (χ0n) is 14.6. The largest absolute Gasteiger partial charge is 0.361 e. The highest BCUT2D eigenvalue weighted by molar-refractivity contribution is 5.92. The van der Waals surface area contributed by atoms with Gasteiger partial charge in [-0.25, -0.2) is 9.78 Å². The SMILES string of the molecule is Cc1ccc(NC(=O)NC[C@@H]2COC3(CCCC3)O2)c(N(C)C)n1. The predicted molar refractivity (Wildman–Crippen MR) is 92.3 cm³/mol. The lowest BCUT2D eigenvalue weighted by Crippen LogP contribution is -2.37. The van der Waals surface area contributed by atoms with E-state index in [1.54, 1.807) is 0 Å². The van der Waals surface area contributed by atoms with Crippen LogP contribution in [0.4, 0.5) is 16.3 Å². The van der Waals surface area contributed by atoms with Gasteiger partial charge in [-0.3, -0.25) is 0 Å². The molecule has 0 unspecified atom stereocenters. The van der Waals surface area contributed by atoms with Crippen LogP contribution in [0, 0.1) is 6.92 Å². The second-order valence-corrected chi connectivity index (χ2v) is 6.72. The third-order valence-corrected chi connectivity index (χ3v) is 4.46. The summed E-state index contributed by atoms with van der Waals surface area (Å²) in [4.78, 5) is 18.5. The standard InChI is InChI=1S/C17H26N4O3/c1-12-6-7-14(15(19-12)21(2)3)20-16(22)18-10-13-11-23-17(24-13)8-4-5-9-17/h6-7,13H,4-5,8-11H2,1-3H3,(H2,18,20,22)/t13-/m1/s1. The van der Waals surface area contributed by atoms with Crippen LogP contribution in [0.5, 0.6) is 0 Å². The smallest absolute Gasteiger partial charge is 0.319 e. The summed E-state index contributed by atoms with van der Waals surface area (Å²) in [6.07, 6.45) is 4.12. The third kappa shape index (κ3) is 3.79. The molecule has 0 bridgehead atoms. The molecule has 2 N–H and O–H groups in total. The van der Waals surface area contributed by atoms with Gasteiger partial charge in [0.05, 0.1) is 12.3 Å². The lowest BCUT2D eigenvalue weighted by molar-refractivity contribution is -0.160. The van der Waals surface area contributed by atoms with Crippen molar-refractivity contribution >= 4 is 17.5 Å². The van der Waals surface area contributed by atoms with Crippen LogP contribution < -0.4 is 15.5 Å². The number of anilines is 2. The number of hydrogen-bond donors (Lipinski definition) is 2. The van der Waals surface area contributed by atoms with Crippen LogP contribution >= 0.6 is 0 Å². The van der Waals surface area contributed by atoms with E-state index in [9.17, 15) is 4.79 Å². The molecule has 1 aliphatic heterocycles. The first kappa shape index (κ1) is 17.0. The maximum absolute atomic E-state index is 12.2. The van der Waals surface area contributed by atoms with Crippen LogP contribution in [0.25, 0.3) is 0 Å². The first-order valence-corrected chi connectivity index (χ1v) is 8.49. The molecule has 2 amide bonds. The molecular formula is C17H26N4O3. The van der Waals surface area contributed by atoms with Crippen molar-refractivity contribution in [2.45, 2.75) is 44.5 Å². The molecule has 0 aromatic carbocycles. The van der Waals surface area contributed by atoms with Gasteiger partial charge in [-0.1, -0.05) is 0 Å². The molecule has 1 aromatic rings. The van der Waals surface area contributed by atoms with E-state index in [0.29, 0.717) is 18.8 Å². The van der Waals surface area contributed by atoms with E-state index in [1.165, 1.54) is 0 Å². The predicted octanol–water partition coefficient (Wildman–Crippen LogP) is 2.26. The minimum absolute atomic E-state index is 0.0849. The monoisotopic (exact) mass is 334 g/mol. The fraction of sp³-hybridized carbons (Fsp3) is 0.647. The molecule has 1 atom stereocenters. The molecule has 2 heterocycles. The van der Waals surface area contributed by atoms with E-state index in [4.69, 9.17) is 9.47 Å². The summed E-state index contributed by atoms with van der Waals surface area (Å²) in [5.41, 5.74) is 1.59. The van der Waals surface area contributed by atoms with Crippen molar-refractivity contribution in [1.82, 2.24) is 10.3 Å². The van der Waals surface area contributed by atoms with Gasteiger partial charge in [-0.15, -0.1) is 0 Å². The zero-order valence-corrected chi connectivity index (χ0v) is 14.6. The highest BCUT2D eigenvalue weighted by Crippen LogP contribution is 2.38. The van der Waals surface area contributed by atoms with Gasteiger partial charge in [-0.2, -0.15) is 0 Å². The van der Waals surface area contributed by atoms with Gasteiger partial charge < -0.3 is 25.0 Å². The van der Waals surface area contributed by atoms with Gasteiger partial charge >= 0.3 is 6.03 Å². The van der Waals surface area contributed by atoms with Crippen LogP contribution in [-0.4, -0.2) is 50.2 Å². The molecule has 0 radical (unpaired) electrons. The van der Waals surface area contributed by atoms with Crippen molar-refractivity contribution in [2.24, 2.45) is 0 Å². The van der Waals surface area contributed by atoms with Crippen molar-refractivity contribution in [3.63, 3.8) is 0 Å². The molecule has 1 spiro atoms. The number of carbonyl (C=O) groups excluding carboxylic acids is 1. The number of urea groups is 1. The molecule has 1 saturated carbocycles. The summed E-state index contributed by atoms with van der Waals surface area (Å²) in [7, 11) is 3.80. The average molecular weight is 334 g/mol. The topological polar surface area (TPSA) is 75.7 Å². The molecule has 1 aliphatic carbocycles. The van der Waals surface area contributed by atoms with Crippen LogP contribution in [0.3, 0.4) is 0 Å². The molecule has 7 nitrogen and oxygen atoms in total. The van der Waals surface area contributed by atoms with Gasteiger partial charge in [0.1, 0.15) is 6.10 Å². The third-order valence-electron chi connectivity index (χ3n) is 4.46. The number of rotatable bonds is 4. The quantitative estimate of drug-likeness (QED) is 0.883. The minimum Gasteiger partial charge on any atom is -0.361 e. The molecule has 132 valence electrons. The van der Waals surface area contributed by atoms with E-state index in [2.05, 4.69) is 15.6 Å². The van der Waals surface area contributed by atoms with E-state index in [-0.39, 0.29) is 17.9 Å². The normalized spacial score (nSPS) is 21.9. The van der Waals surface area contributed by atoms with Crippen molar-refractivity contribution in [1.29, 1.82) is 0 Å². The van der Waals surface area contributed by atoms with Crippen LogP contribution in [0.2, 0.25) is 0 Å².